The SMILES string of the molecule is Cc1cccc(C)c1-c1cc2nc(n1)NS(=O)(=O)c1cccc(c1)C(=O)N(CCC1CCCC(C)(C)O1)[C@H](CC(C)(C)C)CO2.[HH]. The molecule has 2 aromatic carbocycles. The van der Waals surface area contributed by atoms with E-state index < -0.39 is 10.0 Å². The first kappa shape index (κ1) is 32.9. The van der Waals surface area contributed by atoms with Gasteiger partial charge in [-0.2, -0.15) is 4.98 Å². The van der Waals surface area contributed by atoms with Crippen LogP contribution in [-0.4, -0.2) is 60.1 Å². The van der Waals surface area contributed by atoms with Gasteiger partial charge in [0.1, 0.15) is 6.61 Å². The predicted molar refractivity (Wildman–Crippen MR) is 178 cm³/mol. The van der Waals surface area contributed by atoms with Gasteiger partial charge in [-0.05, 0) is 94.5 Å². The van der Waals surface area contributed by atoms with Crippen LogP contribution >= 0.6 is 0 Å². The van der Waals surface area contributed by atoms with Gasteiger partial charge in [0.25, 0.3) is 15.9 Å². The Hall–Kier alpha value is -3.50. The highest BCUT2D eigenvalue weighted by molar-refractivity contribution is 7.92. The van der Waals surface area contributed by atoms with Crippen LogP contribution in [0.25, 0.3) is 11.3 Å². The summed E-state index contributed by atoms with van der Waals surface area (Å²) in [4.78, 5) is 25.2. The Morgan fingerprint density at radius 3 is 2.47 bits per heavy atom. The number of fused-ring (bicyclic) bond motifs is 4. The predicted octanol–water partition coefficient (Wildman–Crippen LogP) is 7.18. The first-order chi connectivity index (χ1) is 21.1. The largest absolute Gasteiger partial charge is 0.475 e. The lowest BCUT2D eigenvalue weighted by Crippen LogP contribution is -2.47. The van der Waals surface area contributed by atoms with Gasteiger partial charge in [-0.3, -0.25) is 4.79 Å². The van der Waals surface area contributed by atoms with Crippen molar-refractivity contribution in [2.45, 2.75) is 103 Å². The quantitative estimate of drug-likeness (QED) is 0.316. The summed E-state index contributed by atoms with van der Waals surface area (Å²) in [6, 6.07) is 13.5. The van der Waals surface area contributed by atoms with Crippen LogP contribution in [0.15, 0.2) is 53.4 Å². The van der Waals surface area contributed by atoms with Crippen LogP contribution in [0.2, 0.25) is 0 Å². The Bertz CT molecular complexity index is 1650. The number of nitrogens with one attached hydrogen (secondary N) is 1. The van der Waals surface area contributed by atoms with Crippen LogP contribution < -0.4 is 9.46 Å². The maximum Gasteiger partial charge on any atom is 0.264 e. The molecule has 0 aliphatic carbocycles. The normalized spacial score (nSPS) is 21.5. The van der Waals surface area contributed by atoms with Crippen LogP contribution in [0.5, 0.6) is 5.88 Å². The first-order valence-corrected chi connectivity index (χ1v) is 17.3. The second-order valence-corrected chi connectivity index (χ2v) is 15.9. The molecule has 1 N–H and O–H groups in total. The Labute approximate surface area is 269 Å². The van der Waals surface area contributed by atoms with Gasteiger partial charge < -0.3 is 14.4 Å². The van der Waals surface area contributed by atoms with E-state index in [9.17, 15) is 13.2 Å². The Kier molecular flexibility index (Phi) is 9.29. The highest BCUT2D eigenvalue weighted by Crippen LogP contribution is 2.33. The van der Waals surface area contributed by atoms with Crippen molar-refractivity contribution in [3.63, 3.8) is 0 Å². The third-order valence-electron chi connectivity index (χ3n) is 8.51. The zero-order valence-electron chi connectivity index (χ0n) is 27.5. The number of nitrogens with zero attached hydrogens (tertiary/aromatic N) is 3. The lowest BCUT2D eigenvalue weighted by molar-refractivity contribution is -0.111. The summed E-state index contributed by atoms with van der Waals surface area (Å²) in [6.07, 6.45) is 4.38. The lowest BCUT2D eigenvalue weighted by atomic mass is 9.87. The molecule has 1 saturated heterocycles. The number of rotatable bonds is 5. The van der Waals surface area contributed by atoms with Crippen molar-refractivity contribution >= 4 is 21.9 Å². The number of carbonyl (C=O) groups excluding carboxylic acids is 1. The Morgan fingerprint density at radius 2 is 1.78 bits per heavy atom. The van der Waals surface area contributed by atoms with E-state index in [1.54, 1.807) is 18.2 Å². The number of aromatic nitrogens is 2. The molecule has 9 nitrogen and oxygen atoms in total. The van der Waals surface area contributed by atoms with E-state index in [1.165, 1.54) is 12.1 Å². The number of amides is 1. The van der Waals surface area contributed by atoms with Gasteiger partial charge in [0.15, 0.2) is 0 Å². The Balaban J connectivity index is 0.00000480. The van der Waals surface area contributed by atoms with Crippen LogP contribution in [0.3, 0.4) is 0 Å². The number of hydrogen-bond acceptors (Lipinski definition) is 7. The average molecular weight is 637 g/mol. The molecule has 1 aromatic heterocycles. The molecule has 2 aliphatic heterocycles. The number of benzene rings is 2. The molecule has 1 unspecified atom stereocenters. The highest BCUT2D eigenvalue weighted by Gasteiger charge is 2.34. The van der Waals surface area contributed by atoms with E-state index in [2.05, 4.69) is 49.3 Å². The van der Waals surface area contributed by atoms with Gasteiger partial charge in [0.05, 0.1) is 28.3 Å². The van der Waals surface area contributed by atoms with Crippen molar-refractivity contribution < 1.29 is 24.1 Å². The average Bonchev–Trinajstić information content (AvgIpc) is 2.94. The highest BCUT2D eigenvalue weighted by atomic mass is 32.2. The van der Waals surface area contributed by atoms with Crippen molar-refractivity contribution in [2.75, 3.05) is 17.9 Å². The van der Waals surface area contributed by atoms with Crippen molar-refractivity contribution in [3.05, 3.63) is 65.2 Å². The minimum atomic E-state index is -4.12. The molecule has 45 heavy (non-hydrogen) atoms. The molecule has 4 bridgehead atoms. The number of carbonyl (C=O) groups is 1. The van der Waals surface area contributed by atoms with Crippen molar-refractivity contribution in [3.8, 4) is 17.1 Å². The second kappa shape index (κ2) is 12.7. The van der Waals surface area contributed by atoms with Gasteiger partial charge in [0, 0.05) is 25.2 Å². The summed E-state index contributed by atoms with van der Waals surface area (Å²) >= 11 is 0. The molecule has 0 saturated carbocycles. The minimum Gasteiger partial charge on any atom is -0.475 e. The van der Waals surface area contributed by atoms with Gasteiger partial charge in [-0.15, -0.1) is 0 Å². The van der Waals surface area contributed by atoms with E-state index in [1.807, 2.05) is 36.9 Å². The summed E-state index contributed by atoms with van der Waals surface area (Å²) < 4.78 is 42.5. The molecule has 2 aliphatic rings. The maximum absolute atomic E-state index is 14.3. The summed E-state index contributed by atoms with van der Waals surface area (Å²) in [5, 5.41) is 0. The van der Waals surface area contributed by atoms with Crippen molar-refractivity contribution in [1.82, 2.24) is 14.9 Å². The molecule has 1 fully saturated rings. The van der Waals surface area contributed by atoms with Crippen molar-refractivity contribution in [1.29, 1.82) is 0 Å². The lowest BCUT2D eigenvalue weighted by Gasteiger charge is -2.39. The fraction of sp³-hybridized carbons (Fsp3) is 0.514. The smallest absolute Gasteiger partial charge is 0.264 e. The van der Waals surface area contributed by atoms with Crippen LogP contribution in [0, 0.1) is 19.3 Å². The summed E-state index contributed by atoms with van der Waals surface area (Å²) in [6.45, 7) is 15.3. The van der Waals surface area contributed by atoms with Gasteiger partial charge >= 0.3 is 0 Å². The molecule has 3 heterocycles. The maximum atomic E-state index is 14.3. The van der Waals surface area contributed by atoms with Gasteiger partial charge in [-0.25, -0.2) is 18.1 Å². The number of anilines is 1. The minimum absolute atomic E-state index is 0. The molecule has 244 valence electrons. The number of sulfonamides is 1. The summed E-state index contributed by atoms with van der Waals surface area (Å²) in [5.74, 6) is -0.106. The molecule has 1 amide bonds. The molecule has 10 heteroatoms. The monoisotopic (exact) mass is 636 g/mol. The first-order valence-electron chi connectivity index (χ1n) is 15.8. The third kappa shape index (κ3) is 8.02. The molecule has 0 radical (unpaired) electrons. The van der Waals surface area contributed by atoms with Crippen molar-refractivity contribution in [2.24, 2.45) is 5.41 Å². The molecule has 3 aromatic rings. The zero-order chi connectivity index (χ0) is 32.6. The van der Waals surface area contributed by atoms with E-state index in [0.717, 1.165) is 36.0 Å². The standard InChI is InChI=1S/C35H46N4O5S.H2/c1-23-11-8-12-24(2)31(23)29-20-30-37-33(36-29)38-45(41,42)28-15-9-13-25(19-28)32(40)39(26(22-43-30)21-34(3,4)5)18-16-27-14-10-17-35(6,7)44-27;/h8-9,11-13,15,19-20,26-27H,10,14,16-18,21-22H2,1-7H3,(H,36,37,38);1H/t26-,27?;/m1./s1. The van der Waals surface area contributed by atoms with E-state index in [4.69, 9.17) is 9.47 Å². The summed E-state index contributed by atoms with van der Waals surface area (Å²) in [7, 11) is -4.12. The van der Waals surface area contributed by atoms with Gasteiger partial charge in [-0.1, -0.05) is 45.0 Å². The van der Waals surface area contributed by atoms with Crippen LogP contribution in [0.1, 0.15) is 89.6 Å². The Morgan fingerprint density at radius 1 is 1.07 bits per heavy atom. The third-order valence-corrected chi connectivity index (χ3v) is 9.84. The molecule has 0 spiro atoms. The fourth-order valence-corrected chi connectivity index (χ4v) is 7.43. The van der Waals surface area contributed by atoms with E-state index in [0.29, 0.717) is 30.6 Å². The topological polar surface area (TPSA) is 111 Å². The van der Waals surface area contributed by atoms with Crippen LogP contribution in [-0.2, 0) is 14.8 Å². The van der Waals surface area contributed by atoms with Crippen LogP contribution in [0.4, 0.5) is 5.95 Å². The summed E-state index contributed by atoms with van der Waals surface area (Å²) in [5.41, 5.74) is 3.39. The second-order valence-electron chi connectivity index (χ2n) is 14.2. The molecule has 2 atom stereocenters. The zero-order valence-corrected chi connectivity index (χ0v) is 28.3. The number of hydrogen-bond donors (Lipinski definition) is 1. The molecular weight excluding hydrogens is 588 g/mol. The molecular formula is C35H48N4O5S. The number of ether oxygens (including phenoxy) is 2. The fourth-order valence-electron chi connectivity index (χ4n) is 6.44. The van der Waals surface area contributed by atoms with Gasteiger partial charge in [0.2, 0.25) is 11.8 Å². The molecule has 5 rings (SSSR count). The van der Waals surface area contributed by atoms with E-state index >= 15 is 0 Å². The van der Waals surface area contributed by atoms with E-state index in [-0.39, 0.29) is 53.8 Å². The number of aryl methyl sites for hydroxylation is 2.